The number of carbonyl (C=O) groups is 3. The number of hydrogen-bond acceptors (Lipinski definition) is 5. The third-order valence-corrected chi connectivity index (χ3v) is 3.59. The molecular weight excluding hydrogens is 306 g/mol. The molecule has 6 nitrogen and oxygen atoms in total. The van der Waals surface area contributed by atoms with E-state index in [0.717, 1.165) is 16.7 Å². The van der Waals surface area contributed by atoms with Gasteiger partial charge in [0.2, 0.25) is 0 Å². The van der Waals surface area contributed by atoms with Gasteiger partial charge in [-0.1, -0.05) is 24.1 Å². The number of nitrogens with zero attached hydrogens (tertiary/aromatic N) is 1. The molecule has 22 heavy (non-hydrogen) atoms. The minimum atomic E-state index is -1.11. The molecule has 0 saturated carbocycles. The third kappa shape index (κ3) is 3.48. The van der Waals surface area contributed by atoms with Gasteiger partial charge in [0.05, 0.1) is 11.4 Å². The number of para-hydroxylation sites is 1. The van der Waals surface area contributed by atoms with E-state index in [2.05, 4.69) is 5.92 Å². The number of hydrogen-bond donors (Lipinski definition) is 1. The monoisotopic (exact) mass is 317 g/mol. The molecule has 1 saturated heterocycles. The van der Waals surface area contributed by atoms with Crippen molar-refractivity contribution in [2.75, 3.05) is 13.2 Å². The Balaban J connectivity index is 2.27. The average molecular weight is 317 g/mol. The Hall–Kier alpha value is -2.72. The number of carboxylic acids is 1. The van der Waals surface area contributed by atoms with E-state index >= 15 is 0 Å². The number of carbonyl (C=O) groups excluding carboxylic acids is 2. The molecule has 7 heteroatoms. The fourth-order valence-electron chi connectivity index (χ4n) is 1.74. The van der Waals surface area contributed by atoms with Crippen molar-refractivity contribution in [3.63, 3.8) is 0 Å². The summed E-state index contributed by atoms with van der Waals surface area (Å²) in [7, 11) is 0. The quantitative estimate of drug-likeness (QED) is 0.659. The number of thioether (sulfide) groups is 1. The van der Waals surface area contributed by atoms with Crippen LogP contribution in [0.5, 0.6) is 5.75 Å². The smallest absolute Gasteiger partial charge is 0.341 e. The number of terminal acetylenes is 1. The predicted octanol–water partition coefficient (Wildman–Crippen LogP) is 1.82. The van der Waals surface area contributed by atoms with Crippen LogP contribution in [0.3, 0.4) is 0 Å². The Labute approximate surface area is 130 Å². The molecule has 2 amide bonds. The molecule has 112 valence electrons. The summed E-state index contributed by atoms with van der Waals surface area (Å²) in [6, 6.07) is 6.64. The second-order valence-corrected chi connectivity index (χ2v) is 5.19. The normalized spacial score (nSPS) is 16.0. The van der Waals surface area contributed by atoms with Gasteiger partial charge < -0.3 is 9.84 Å². The number of rotatable bonds is 5. The van der Waals surface area contributed by atoms with Crippen molar-refractivity contribution in [3.05, 3.63) is 34.7 Å². The molecule has 1 N–H and O–H groups in total. The topological polar surface area (TPSA) is 83.9 Å². The first-order chi connectivity index (χ1) is 10.5. The van der Waals surface area contributed by atoms with Crippen LogP contribution >= 0.6 is 11.8 Å². The van der Waals surface area contributed by atoms with Crippen molar-refractivity contribution in [2.45, 2.75) is 0 Å². The summed E-state index contributed by atoms with van der Waals surface area (Å²) in [5.74, 6) is 0.988. The lowest BCUT2D eigenvalue weighted by Gasteiger charge is -2.08. The molecular formula is C15H11NO5S. The van der Waals surface area contributed by atoms with Crippen LogP contribution in [0.2, 0.25) is 0 Å². The van der Waals surface area contributed by atoms with Crippen LogP contribution in [-0.2, 0) is 9.59 Å². The molecule has 0 spiro atoms. The minimum absolute atomic E-state index is 0.0842. The van der Waals surface area contributed by atoms with Gasteiger partial charge in [-0.05, 0) is 23.9 Å². The molecule has 1 aromatic carbocycles. The lowest BCUT2D eigenvalue weighted by atomic mass is 10.2. The number of carboxylic acid groups (broad SMARTS) is 1. The van der Waals surface area contributed by atoms with E-state index in [1.54, 1.807) is 24.3 Å². The molecule has 0 radical (unpaired) electrons. The minimum Gasteiger partial charge on any atom is -0.481 e. The van der Waals surface area contributed by atoms with E-state index in [-0.39, 0.29) is 11.4 Å². The van der Waals surface area contributed by atoms with Crippen LogP contribution in [0.25, 0.3) is 6.08 Å². The Morgan fingerprint density at radius 3 is 2.82 bits per heavy atom. The molecule has 0 aliphatic carbocycles. The number of amides is 2. The maximum atomic E-state index is 12.1. The second kappa shape index (κ2) is 6.83. The molecule has 0 unspecified atom stereocenters. The fraction of sp³-hybridized carbons (Fsp3) is 0.133. The van der Waals surface area contributed by atoms with Crippen LogP contribution in [0.4, 0.5) is 4.79 Å². The number of aliphatic carboxylic acids is 1. The van der Waals surface area contributed by atoms with E-state index in [1.165, 1.54) is 6.08 Å². The van der Waals surface area contributed by atoms with Crippen molar-refractivity contribution < 1.29 is 24.2 Å². The highest BCUT2D eigenvalue weighted by Gasteiger charge is 2.34. The molecule has 1 aliphatic heterocycles. The standard InChI is InChI=1S/C15H11NO5S/c1-2-7-16-14(19)12(22-15(16)20)8-10-5-3-4-6-11(10)21-9-13(17)18/h1,3-6,8H,7,9H2,(H,17,18)/b12-8-. The summed E-state index contributed by atoms with van der Waals surface area (Å²) in [5.41, 5.74) is 0.509. The Morgan fingerprint density at radius 1 is 1.41 bits per heavy atom. The maximum absolute atomic E-state index is 12.1. The van der Waals surface area contributed by atoms with Crippen LogP contribution < -0.4 is 4.74 Å². The van der Waals surface area contributed by atoms with Crippen molar-refractivity contribution in [3.8, 4) is 18.1 Å². The summed E-state index contributed by atoms with van der Waals surface area (Å²) < 4.78 is 5.15. The molecule has 0 aromatic heterocycles. The van der Waals surface area contributed by atoms with E-state index in [1.807, 2.05) is 0 Å². The zero-order chi connectivity index (χ0) is 16.1. The summed E-state index contributed by atoms with van der Waals surface area (Å²) in [4.78, 5) is 35.5. The van der Waals surface area contributed by atoms with Gasteiger partial charge in [0, 0.05) is 5.56 Å². The lowest BCUT2D eigenvalue weighted by molar-refractivity contribution is -0.139. The van der Waals surface area contributed by atoms with Crippen molar-refractivity contribution in [2.24, 2.45) is 0 Å². The zero-order valence-corrected chi connectivity index (χ0v) is 12.1. The summed E-state index contributed by atoms with van der Waals surface area (Å²) in [6.07, 6.45) is 6.61. The maximum Gasteiger partial charge on any atom is 0.341 e. The van der Waals surface area contributed by atoms with Gasteiger partial charge >= 0.3 is 5.97 Å². The molecule has 0 atom stereocenters. The van der Waals surface area contributed by atoms with Gasteiger partial charge in [-0.25, -0.2) is 4.79 Å². The van der Waals surface area contributed by atoms with Crippen molar-refractivity contribution >= 4 is 35.0 Å². The van der Waals surface area contributed by atoms with Gasteiger partial charge in [-0.2, -0.15) is 0 Å². The molecule has 1 aliphatic rings. The number of ether oxygens (including phenoxy) is 1. The summed E-state index contributed by atoms with van der Waals surface area (Å²) in [5, 5.41) is 8.22. The lowest BCUT2D eigenvalue weighted by Crippen LogP contribution is -2.28. The highest BCUT2D eigenvalue weighted by Crippen LogP contribution is 2.33. The molecule has 1 aromatic rings. The largest absolute Gasteiger partial charge is 0.481 e. The number of imide groups is 1. The van der Waals surface area contributed by atoms with E-state index in [0.29, 0.717) is 11.3 Å². The second-order valence-electron chi connectivity index (χ2n) is 4.19. The summed E-state index contributed by atoms with van der Waals surface area (Å²) in [6.45, 7) is -0.581. The summed E-state index contributed by atoms with van der Waals surface area (Å²) >= 11 is 0.781. The van der Waals surface area contributed by atoms with Crippen LogP contribution in [0.1, 0.15) is 5.56 Å². The molecule has 2 rings (SSSR count). The highest BCUT2D eigenvalue weighted by molar-refractivity contribution is 8.18. The van der Waals surface area contributed by atoms with Crippen molar-refractivity contribution in [1.29, 1.82) is 0 Å². The Kier molecular flexibility index (Phi) is 4.86. The SMILES string of the molecule is C#CCN1C(=O)S/C(=C\c2ccccc2OCC(=O)O)C1=O. The molecule has 0 bridgehead atoms. The van der Waals surface area contributed by atoms with Gasteiger partial charge in [0.1, 0.15) is 5.75 Å². The third-order valence-electron chi connectivity index (χ3n) is 2.68. The van der Waals surface area contributed by atoms with Crippen molar-refractivity contribution in [1.82, 2.24) is 4.90 Å². The van der Waals surface area contributed by atoms with Crippen LogP contribution in [0, 0.1) is 12.3 Å². The van der Waals surface area contributed by atoms with Crippen LogP contribution in [0.15, 0.2) is 29.2 Å². The predicted molar refractivity (Wildman–Crippen MR) is 81.1 cm³/mol. The molecule has 1 fully saturated rings. The Morgan fingerprint density at radius 2 is 2.14 bits per heavy atom. The molecule has 1 heterocycles. The first kappa shape index (κ1) is 15.7. The first-order valence-corrected chi connectivity index (χ1v) is 6.97. The van der Waals surface area contributed by atoms with Gasteiger partial charge in [-0.3, -0.25) is 14.5 Å². The van der Waals surface area contributed by atoms with E-state index in [4.69, 9.17) is 16.3 Å². The first-order valence-electron chi connectivity index (χ1n) is 6.15. The fourth-order valence-corrected chi connectivity index (χ4v) is 2.57. The average Bonchev–Trinajstić information content (AvgIpc) is 2.74. The highest BCUT2D eigenvalue weighted by atomic mass is 32.2. The Bertz CT molecular complexity index is 704. The zero-order valence-electron chi connectivity index (χ0n) is 11.3. The van der Waals surface area contributed by atoms with Gasteiger partial charge in [0.15, 0.2) is 6.61 Å². The van der Waals surface area contributed by atoms with Gasteiger partial charge in [0.25, 0.3) is 11.1 Å². The van der Waals surface area contributed by atoms with E-state index in [9.17, 15) is 14.4 Å². The van der Waals surface area contributed by atoms with Crippen LogP contribution in [-0.4, -0.2) is 40.3 Å². The number of benzene rings is 1. The van der Waals surface area contributed by atoms with E-state index < -0.39 is 23.7 Å². The van der Waals surface area contributed by atoms with Gasteiger partial charge in [-0.15, -0.1) is 6.42 Å².